The summed E-state index contributed by atoms with van der Waals surface area (Å²) in [6.07, 6.45) is 3.70. The molecule has 5 rings (SSSR count). The molecule has 4 aromatic rings. The van der Waals surface area contributed by atoms with E-state index in [0.717, 1.165) is 33.5 Å². The molecular weight excluding hydrogens is 378 g/mol. The average molecular weight is 399 g/mol. The van der Waals surface area contributed by atoms with Crippen molar-refractivity contribution < 1.29 is 14.3 Å². The number of nitrogens with one attached hydrogen (secondary N) is 1. The zero-order valence-corrected chi connectivity index (χ0v) is 16.6. The first kappa shape index (κ1) is 18.2. The lowest BCUT2D eigenvalue weighted by atomic mass is 10.0. The second-order valence-electron chi connectivity index (χ2n) is 7.27. The Bertz CT molecular complexity index is 1210. The Balaban J connectivity index is 1.41. The Morgan fingerprint density at radius 2 is 1.97 bits per heavy atom. The molecule has 0 aliphatic carbocycles. The van der Waals surface area contributed by atoms with Crippen LogP contribution in [0.25, 0.3) is 22.2 Å². The fourth-order valence-corrected chi connectivity index (χ4v) is 3.74. The lowest BCUT2D eigenvalue weighted by Crippen LogP contribution is -2.31. The summed E-state index contributed by atoms with van der Waals surface area (Å²) in [5, 5.41) is 1.05. The van der Waals surface area contributed by atoms with E-state index in [0.29, 0.717) is 31.0 Å². The molecule has 1 amide bonds. The molecule has 2 aromatic carbocycles. The molecule has 1 aliphatic rings. The van der Waals surface area contributed by atoms with Gasteiger partial charge < -0.3 is 19.4 Å². The highest BCUT2D eigenvalue weighted by atomic mass is 16.5. The second-order valence-corrected chi connectivity index (χ2v) is 7.27. The number of amides is 1. The van der Waals surface area contributed by atoms with Crippen molar-refractivity contribution in [2.45, 2.75) is 6.54 Å². The molecule has 1 N–H and O–H groups in total. The Hall–Kier alpha value is -3.80. The van der Waals surface area contributed by atoms with Crippen LogP contribution in [0.1, 0.15) is 15.9 Å². The number of pyridine rings is 1. The van der Waals surface area contributed by atoms with Gasteiger partial charge in [-0.3, -0.25) is 4.79 Å². The van der Waals surface area contributed by atoms with Crippen LogP contribution in [-0.2, 0) is 6.54 Å². The van der Waals surface area contributed by atoms with Crippen molar-refractivity contribution in [3.63, 3.8) is 0 Å². The van der Waals surface area contributed by atoms with E-state index in [1.807, 2.05) is 65.8 Å². The predicted octanol–water partition coefficient (Wildman–Crippen LogP) is 4.27. The third kappa shape index (κ3) is 3.37. The van der Waals surface area contributed by atoms with Crippen molar-refractivity contribution in [3.05, 3.63) is 78.1 Å². The van der Waals surface area contributed by atoms with Gasteiger partial charge in [-0.15, -0.1) is 0 Å². The number of methoxy groups -OCH3 is 1. The number of rotatable bonds is 4. The topological polar surface area (TPSA) is 67.5 Å². The van der Waals surface area contributed by atoms with E-state index in [-0.39, 0.29) is 5.91 Å². The summed E-state index contributed by atoms with van der Waals surface area (Å²) in [5.41, 5.74) is 4.45. The smallest absolute Gasteiger partial charge is 0.258 e. The Morgan fingerprint density at radius 3 is 2.80 bits per heavy atom. The number of H-pyrrole nitrogens is 1. The quantitative estimate of drug-likeness (QED) is 0.556. The maximum Gasteiger partial charge on any atom is 0.258 e. The van der Waals surface area contributed by atoms with Gasteiger partial charge in [0, 0.05) is 29.9 Å². The number of carbonyl (C=O) groups excluding carboxylic acids is 1. The van der Waals surface area contributed by atoms with E-state index < -0.39 is 0 Å². The molecule has 6 nitrogen and oxygen atoms in total. The minimum absolute atomic E-state index is 0.0240. The van der Waals surface area contributed by atoms with Gasteiger partial charge in [-0.1, -0.05) is 18.2 Å². The number of benzene rings is 2. The van der Waals surface area contributed by atoms with Crippen LogP contribution in [0.15, 0.2) is 67.0 Å². The fourth-order valence-electron chi connectivity index (χ4n) is 3.74. The average Bonchev–Trinajstić information content (AvgIpc) is 3.20. The largest absolute Gasteiger partial charge is 0.497 e. The van der Waals surface area contributed by atoms with Crippen LogP contribution in [0.5, 0.6) is 11.5 Å². The monoisotopic (exact) mass is 399 g/mol. The molecule has 0 spiro atoms. The standard InChI is InChI=1S/C24H21N3O3/c1-29-20-5-2-16(3-6-20)15-27-10-11-30-22-13-17(4-7-21(22)24(27)28)19-12-18-8-9-25-23(18)26-14-19/h2-9,12-14H,10-11,15H2,1H3,(H,25,26). The van der Waals surface area contributed by atoms with E-state index in [1.165, 1.54) is 0 Å². The van der Waals surface area contributed by atoms with E-state index >= 15 is 0 Å². The van der Waals surface area contributed by atoms with Crippen molar-refractivity contribution in [1.82, 2.24) is 14.9 Å². The molecule has 30 heavy (non-hydrogen) atoms. The predicted molar refractivity (Wildman–Crippen MR) is 115 cm³/mol. The number of carbonyl (C=O) groups is 1. The van der Waals surface area contributed by atoms with Crippen molar-refractivity contribution in [2.24, 2.45) is 0 Å². The number of nitrogens with zero attached hydrogens (tertiary/aromatic N) is 2. The summed E-state index contributed by atoms with van der Waals surface area (Å²) >= 11 is 0. The minimum Gasteiger partial charge on any atom is -0.497 e. The molecule has 1 aliphatic heterocycles. The van der Waals surface area contributed by atoms with Crippen molar-refractivity contribution >= 4 is 16.9 Å². The van der Waals surface area contributed by atoms with E-state index in [1.54, 1.807) is 7.11 Å². The summed E-state index contributed by atoms with van der Waals surface area (Å²) in [4.78, 5) is 22.5. The van der Waals surface area contributed by atoms with Crippen LogP contribution in [0, 0.1) is 0 Å². The van der Waals surface area contributed by atoms with Gasteiger partial charge in [-0.2, -0.15) is 0 Å². The Labute approximate surface area is 174 Å². The first-order chi connectivity index (χ1) is 14.7. The maximum atomic E-state index is 13.2. The van der Waals surface area contributed by atoms with Crippen molar-refractivity contribution in [2.75, 3.05) is 20.3 Å². The maximum absolute atomic E-state index is 13.2. The molecule has 3 heterocycles. The molecule has 0 bridgehead atoms. The molecule has 6 heteroatoms. The van der Waals surface area contributed by atoms with Crippen LogP contribution in [0.3, 0.4) is 0 Å². The molecule has 0 saturated carbocycles. The highest BCUT2D eigenvalue weighted by Crippen LogP contribution is 2.31. The van der Waals surface area contributed by atoms with E-state index in [4.69, 9.17) is 9.47 Å². The van der Waals surface area contributed by atoms with Gasteiger partial charge in [-0.25, -0.2) is 4.98 Å². The third-order valence-electron chi connectivity index (χ3n) is 5.38. The normalized spacial score (nSPS) is 13.6. The summed E-state index contributed by atoms with van der Waals surface area (Å²) in [6, 6.07) is 17.6. The second kappa shape index (κ2) is 7.55. The Morgan fingerprint density at radius 1 is 1.10 bits per heavy atom. The molecule has 0 radical (unpaired) electrons. The van der Waals surface area contributed by atoms with Gasteiger partial charge in [-0.05, 0) is 47.5 Å². The van der Waals surface area contributed by atoms with Crippen LogP contribution in [0.2, 0.25) is 0 Å². The lowest BCUT2D eigenvalue weighted by molar-refractivity contribution is 0.0743. The minimum atomic E-state index is -0.0240. The summed E-state index contributed by atoms with van der Waals surface area (Å²) < 4.78 is 11.2. The van der Waals surface area contributed by atoms with Crippen molar-refractivity contribution in [1.29, 1.82) is 0 Å². The zero-order chi connectivity index (χ0) is 20.5. The van der Waals surface area contributed by atoms with E-state index in [9.17, 15) is 4.79 Å². The Kier molecular flexibility index (Phi) is 4.59. The van der Waals surface area contributed by atoms with Crippen LogP contribution in [-0.4, -0.2) is 41.0 Å². The number of hydrogen-bond donors (Lipinski definition) is 1. The van der Waals surface area contributed by atoms with Gasteiger partial charge in [0.2, 0.25) is 0 Å². The zero-order valence-electron chi connectivity index (χ0n) is 16.6. The first-order valence-corrected chi connectivity index (χ1v) is 9.84. The van der Waals surface area contributed by atoms with Gasteiger partial charge >= 0.3 is 0 Å². The highest BCUT2D eigenvalue weighted by Gasteiger charge is 2.24. The summed E-state index contributed by atoms with van der Waals surface area (Å²) in [5.74, 6) is 1.39. The first-order valence-electron chi connectivity index (χ1n) is 9.84. The number of aromatic nitrogens is 2. The molecule has 0 saturated heterocycles. The van der Waals surface area contributed by atoms with Crippen LogP contribution < -0.4 is 9.47 Å². The van der Waals surface area contributed by atoms with Crippen LogP contribution >= 0.6 is 0 Å². The number of hydrogen-bond acceptors (Lipinski definition) is 4. The highest BCUT2D eigenvalue weighted by molar-refractivity contribution is 5.98. The number of ether oxygens (including phenoxy) is 2. The SMILES string of the molecule is COc1ccc(CN2CCOc3cc(-c4cnc5[nH]ccc5c4)ccc3C2=O)cc1. The summed E-state index contributed by atoms with van der Waals surface area (Å²) in [7, 11) is 1.64. The lowest BCUT2D eigenvalue weighted by Gasteiger charge is -2.20. The van der Waals surface area contributed by atoms with Crippen molar-refractivity contribution in [3.8, 4) is 22.6 Å². The number of aromatic amines is 1. The van der Waals surface area contributed by atoms with Crippen LogP contribution in [0.4, 0.5) is 0 Å². The molecular formula is C24H21N3O3. The molecule has 0 fully saturated rings. The molecule has 0 atom stereocenters. The van der Waals surface area contributed by atoms with Gasteiger partial charge in [0.15, 0.2) is 0 Å². The van der Waals surface area contributed by atoms with Gasteiger partial charge in [0.1, 0.15) is 23.8 Å². The number of fused-ring (bicyclic) bond motifs is 2. The van der Waals surface area contributed by atoms with E-state index in [2.05, 4.69) is 16.0 Å². The van der Waals surface area contributed by atoms with Gasteiger partial charge in [0.05, 0.1) is 19.2 Å². The molecule has 2 aromatic heterocycles. The molecule has 0 unspecified atom stereocenters. The molecule has 150 valence electrons. The fraction of sp³-hybridized carbons (Fsp3) is 0.167. The summed E-state index contributed by atoms with van der Waals surface area (Å²) in [6.45, 7) is 1.51. The third-order valence-corrected chi connectivity index (χ3v) is 5.38. The van der Waals surface area contributed by atoms with Gasteiger partial charge in [0.25, 0.3) is 5.91 Å².